The first-order valence-electron chi connectivity index (χ1n) is 7.50. The monoisotopic (exact) mass is 286 g/mol. The third kappa shape index (κ3) is 8.69. The van der Waals surface area contributed by atoms with Crippen molar-refractivity contribution in [3.63, 3.8) is 0 Å². The lowest BCUT2D eigenvalue weighted by molar-refractivity contribution is 0.216. The van der Waals surface area contributed by atoms with Crippen LogP contribution in [0.3, 0.4) is 0 Å². The van der Waals surface area contributed by atoms with E-state index in [0.717, 1.165) is 31.0 Å². The summed E-state index contributed by atoms with van der Waals surface area (Å²) in [6.07, 6.45) is 5.80. The predicted octanol–water partition coefficient (Wildman–Crippen LogP) is 2.12. The highest BCUT2D eigenvalue weighted by Gasteiger charge is 2.17. The summed E-state index contributed by atoms with van der Waals surface area (Å²) in [6, 6.07) is 0.710. The summed E-state index contributed by atoms with van der Waals surface area (Å²) in [5.74, 6) is 2.25. The molecule has 0 unspecified atom stereocenters. The smallest absolute Gasteiger partial charge is 0.0438 e. The molecule has 2 N–H and O–H groups in total. The van der Waals surface area contributed by atoms with Gasteiger partial charge in [0, 0.05) is 31.5 Å². The lowest BCUT2D eigenvalue weighted by Crippen LogP contribution is -2.43. The van der Waals surface area contributed by atoms with Gasteiger partial charge in [-0.3, -0.25) is 4.90 Å². The van der Waals surface area contributed by atoms with Crippen LogP contribution in [0.1, 0.15) is 33.1 Å². The van der Waals surface area contributed by atoms with E-state index < -0.39 is 0 Å². The highest BCUT2D eigenvalue weighted by Crippen LogP contribution is 2.11. The maximum absolute atomic E-state index is 8.69. The number of rotatable bonds is 9. The summed E-state index contributed by atoms with van der Waals surface area (Å²) in [6.45, 7) is 9.33. The van der Waals surface area contributed by atoms with Crippen molar-refractivity contribution in [1.82, 2.24) is 10.2 Å². The first-order chi connectivity index (χ1) is 9.22. The number of thioether (sulfide) groups is 1. The first kappa shape index (κ1) is 17.0. The molecule has 4 heteroatoms. The van der Waals surface area contributed by atoms with Crippen molar-refractivity contribution in [3.8, 4) is 0 Å². The highest BCUT2D eigenvalue weighted by atomic mass is 32.2. The van der Waals surface area contributed by atoms with Crippen molar-refractivity contribution < 1.29 is 5.11 Å². The molecule has 112 valence electrons. The number of hydrogen-bond acceptors (Lipinski definition) is 4. The van der Waals surface area contributed by atoms with Crippen LogP contribution < -0.4 is 5.32 Å². The van der Waals surface area contributed by atoms with Gasteiger partial charge in [0.25, 0.3) is 0 Å². The van der Waals surface area contributed by atoms with Gasteiger partial charge in [-0.1, -0.05) is 11.6 Å². The SMILES string of the molecule is CC(C)=CCN1CCC(NCCSCCCO)CC1. The zero-order chi connectivity index (χ0) is 13.9. The van der Waals surface area contributed by atoms with Crippen LogP contribution in [-0.2, 0) is 0 Å². The summed E-state index contributed by atoms with van der Waals surface area (Å²) in [4.78, 5) is 2.54. The lowest BCUT2D eigenvalue weighted by Gasteiger charge is -2.31. The van der Waals surface area contributed by atoms with E-state index in [9.17, 15) is 0 Å². The number of piperidine rings is 1. The summed E-state index contributed by atoms with van der Waals surface area (Å²) < 4.78 is 0. The van der Waals surface area contributed by atoms with Crippen molar-refractivity contribution >= 4 is 11.8 Å². The zero-order valence-electron chi connectivity index (χ0n) is 12.5. The van der Waals surface area contributed by atoms with Crippen molar-refractivity contribution in [1.29, 1.82) is 0 Å². The van der Waals surface area contributed by atoms with Crippen molar-refractivity contribution in [3.05, 3.63) is 11.6 Å². The fourth-order valence-electron chi connectivity index (χ4n) is 2.24. The average Bonchev–Trinajstić information content (AvgIpc) is 2.41. The third-order valence-corrected chi connectivity index (χ3v) is 4.54. The topological polar surface area (TPSA) is 35.5 Å². The molecule has 1 saturated heterocycles. The van der Waals surface area contributed by atoms with Gasteiger partial charge in [0.05, 0.1) is 0 Å². The molecule has 0 spiro atoms. The second-order valence-electron chi connectivity index (χ2n) is 5.50. The minimum absolute atomic E-state index is 0.324. The Bertz CT molecular complexity index is 247. The molecular formula is C15H30N2OS. The van der Waals surface area contributed by atoms with E-state index in [2.05, 4.69) is 30.1 Å². The van der Waals surface area contributed by atoms with E-state index in [1.165, 1.54) is 31.5 Å². The molecule has 0 aromatic heterocycles. The van der Waals surface area contributed by atoms with Crippen molar-refractivity contribution in [2.45, 2.75) is 39.2 Å². The molecule has 0 aromatic rings. The van der Waals surface area contributed by atoms with E-state index in [0.29, 0.717) is 12.6 Å². The Balaban J connectivity index is 1.99. The molecule has 1 aliphatic heterocycles. The molecule has 0 saturated carbocycles. The number of hydrogen-bond donors (Lipinski definition) is 2. The van der Waals surface area contributed by atoms with Crippen LogP contribution in [0.5, 0.6) is 0 Å². The Morgan fingerprint density at radius 2 is 2.05 bits per heavy atom. The second kappa shape index (κ2) is 10.7. The van der Waals surface area contributed by atoms with E-state index in [-0.39, 0.29) is 0 Å². The van der Waals surface area contributed by atoms with Crippen LogP contribution in [0.4, 0.5) is 0 Å². The lowest BCUT2D eigenvalue weighted by atomic mass is 10.1. The van der Waals surface area contributed by atoms with Crippen LogP contribution in [-0.4, -0.2) is 60.3 Å². The standard InChI is InChI=1S/C15H30N2OS/c1-14(2)4-8-17-9-5-15(6-10-17)16-7-13-19-12-3-11-18/h4,15-16,18H,3,5-13H2,1-2H3. The normalized spacial score (nSPS) is 17.6. The average molecular weight is 286 g/mol. The minimum atomic E-state index is 0.324. The summed E-state index contributed by atoms with van der Waals surface area (Å²) >= 11 is 1.94. The van der Waals surface area contributed by atoms with Crippen LogP contribution in [0.25, 0.3) is 0 Å². The Hall–Kier alpha value is -0.0300. The molecule has 0 amide bonds. The van der Waals surface area contributed by atoms with Gasteiger partial charge < -0.3 is 10.4 Å². The van der Waals surface area contributed by atoms with Gasteiger partial charge in [-0.25, -0.2) is 0 Å². The maximum Gasteiger partial charge on any atom is 0.0438 e. The fraction of sp³-hybridized carbons (Fsp3) is 0.867. The molecule has 1 rings (SSSR count). The van der Waals surface area contributed by atoms with Crippen LogP contribution >= 0.6 is 11.8 Å². The van der Waals surface area contributed by atoms with E-state index in [4.69, 9.17) is 5.11 Å². The summed E-state index contributed by atoms with van der Waals surface area (Å²) in [5.41, 5.74) is 1.42. The van der Waals surface area contributed by atoms with Crippen molar-refractivity contribution in [2.75, 3.05) is 44.3 Å². The Morgan fingerprint density at radius 1 is 1.32 bits per heavy atom. The molecular weight excluding hydrogens is 256 g/mol. The van der Waals surface area contributed by atoms with Gasteiger partial charge in [-0.05, 0) is 52.0 Å². The highest BCUT2D eigenvalue weighted by molar-refractivity contribution is 7.99. The maximum atomic E-state index is 8.69. The molecule has 1 aliphatic rings. The summed E-state index contributed by atoms with van der Waals surface area (Å²) in [7, 11) is 0. The number of aliphatic hydroxyl groups is 1. The Labute approximate surface area is 122 Å². The summed E-state index contributed by atoms with van der Waals surface area (Å²) in [5, 5.41) is 12.4. The quantitative estimate of drug-likeness (QED) is 0.503. The van der Waals surface area contributed by atoms with E-state index >= 15 is 0 Å². The fourth-order valence-corrected chi connectivity index (χ4v) is 3.03. The van der Waals surface area contributed by atoms with Crippen LogP contribution in [0.15, 0.2) is 11.6 Å². The third-order valence-electron chi connectivity index (χ3n) is 3.47. The number of aliphatic hydroxyl groups excluding tert-OH is 1. The molecule has 1 heterocycles. The van der Waals surface area contributed by atoms with Gasteiger partial charge in [0.1, 0.15) is 0 Å². The molecule has 0 atom stereocenters. The largest absolute Gasteiger partial charge is 0.396 e. The van der Waals surface area contributed by atoms with Gasteiger partial charge in [0.2, 0.25) is 0 Å². The zero-order valence-corrected chi connectivity index (χ0v) is 13.3. The molecule has 1 fully saturated rings. The molecule has 0 radical (unpaired) electrons. The number of nitrogens with one attached hydrogen (secondary N) is 1. The number of nitrogens with zero attached hydrogens (tertiary/aromatic N) is 1. The second-order valence-corrected chi connectivity index (χ2v) is 6.72. The van der Waals surface area contributed by atoms with E-state index in [1.807, 2.05) is 11.8 Å². The van der Waals surface area contributed by atoms with Gasteiger partial charge in [-0.15, -0.1) is 0 Å². The Kier molecular flexibility index (Phi) is 9.61. The molecule has 3 nitrogen and oxygen atoms in total. The molecule has 0 bridgehead atoms. The van der Waals surface area contributed by atoms with Gasteiger partial charge in [-0.2, -0.15) is 11.8 Å². The number of likely N-dealkylation sites (tertiary alicyclic amines) is 1. The van der Waals surface area contributed by atoms with Crippen LogP contribution in [0.2, 0.25) is 0 Å². The van der Waals surface area contributed by atoms with Gasteiger partial charge >= 0.3 is 0 Å². The first-order valence-corrected chi connectivity index (χ1v) is 8.65. The molecule has 0 aromatic carbocycles. The van der Waals surface area contributed by atoms with Gasteiger partial charge in [0.15, 0.2) is 0 Å². The minimum Gasteiger partial charge on any atom is -0.396 e. The molecule has 0 aliphatic carbocycles. The van der Waals surface area contributed by atoms with Crippen LogP contribution in [0, 0.1) is 0 Å². The predicted molar refractivity (Wildman–Crippen MR) is 85.9 cm³/mol. The molecule has 19 heavy (non-hydrogen) atoms. The van der Waals surface area contributed by atoms with E-state index in [1.54, 1.807) is 0 Å². The van der Waals surface area contributed by atoms with Crippen molar-refractivity contribution in [2.24, 2.45) is 0 Å². The number of allylic oxidation sites excluding steroid dienone is 1. The Morgan fingerprint density at radius 3 is 2.68 bits per heavy atom.